The molecule has 0 spiro atoms. The van der Waals surface area contributed by atoms with Crippen LogP contribution in [0, 0.1) is 12.8 Å². The van der Waals surface area contributed by atoms with Crippen LogP contribution in [0.3, 0.4) is 0 Å². The molecule has 0 saturated carbocycles. The average molecular weight is 518 g/mol. The molecular weight excluding hydrogens is 494 g/mol. The van der Waals surface area contributed by atoms with E-state index in [1.165, 1.54) is 0 Å². The first-order valence-corrected chi connectivity index (χ1v) is 12.0. The summed E-state index contributed by atoms with van der Waals surface area (Å²) in [6.07, 6.45) is 4.85. The van der Waals surface area contributed by atoms with Crippen LogP contribution in [0.2, 0.25) is 0 Å². The molecule has 0 saturated heterocycles. The van der Waals surface area contributed by atoms with Crippen molar-refractivity contribution in [2.24, 2.45) is 5.92 Å². The number of pyridine rings is 1. The molecule has 1 aliphatic carbocycles. The van der Waals surface area contributed by atoms with Crippen LogP contribution in [-0.2, 0) is 9.59 Å². The minimum absolute atomic E-state index is 0.100. The van der Waals surface area contributed by atoms with Crippen LogP contribution in [0.1, 0.15) is 37.0 Å². The fourth-order valence-corrected chi connectivity index (χ4v) is 4.96. The van der Waals surface area contributed by atoms with Gasteiger partial charge in [0, 0.05) is 39.6 Å². The van der Waals surface area contributed by atoms with Gasteiger partial charge in [-0.1, -0.05) is 34.1 Å². The highest BCUT2D eigenvalue weighted by molar-refractivity contribution is 9.10. The number of anilines is 1. The van der Waals surface area contributed by atoms with Crippen LogP contribution in [0.15, 0.2) is 86.7 Å². The summed E-state index contributed by atoms with van der Waals surface area (Å²) in [6.45, 7) is 3.80. The second-order valence-corrected chi connectivity index (χ2v) is 9.58. The maximum atomic E-state index is 13.5. The van der Waals surface area contributed by atoms with Crippen LogP contribution >= 0.6 is 15.9 Å². The number of amides is 1. The monoisotopic (exact) mass is 517 g/mol. The van der Waals surface area contributed by atoms with Gasteiger partial charge in [-0.15, -0.1) is 0 Å². The van der Waals surface area contributed by atoms with Crippen molar-refractivity contribution >= 4 is 33.4 Å². The number of carbonyl (C=O) groups excluding carboxylic acids is 2. The Morgan fingerprint density at radius 1 is 1.12 bits per heavy atom. The molecule has 3 heterocycles. The van der Waals surface area contributed by atoms with E-state index in [2.05, 4.69) is 37.6 Å². The molecule has 0 fully saturated rings. The number of hydrogen-bond acceptors (Lipinski definition) is 5. The van der Waals surface area contributed by atoms with Crippen LogP contribution < -0.4 is 10.6 Å². The first-order chi connectivity index (χ1) is 16.4. The number of benzene rings is 1. The number of aryl methyl sites for hydroxylation is 1. The van der Waals surface area contributed by atoms with Gasteiger partial charge in [0.25, 0.3) is 5.91 Å². The molecule has 2 N–H and O–H groups in total. The molecular formula is C27H24BrN3O3. The molecule has 1 aromatic carbocycles. The predicted molar refractivity (Wildman–Crippen MR) is 134 cm³/mol. The highest BCUT2D eigenvalue weighted by Gasteiger charge is 2.44. The first-order valence-electron chi connectivity index (χ1n) is 11.2. The number of allylic oxidation sites excluding steroid dienone is 3. The summed E-state index contributed by atoms with van der Waals surface area (Å²) >= 11 is 3.46. The van der Waals surface area contributed by atoms with Gasteiger partial charge in [0.1, 0.15) is 23.1 Å². The SMILES string of the molecule is CC1=C(C(=O)Nc2cc(C)ccn2)C(c2ccc(-c3ccc(Br)cc3)o2)C2C(=O)CCC=C2N1. The standard InChI is InChI=1S/C27H24BrN3O3/c1-15-12-13-29-23(14-15)31-27(33)24-16(2)30-19-4-3-5-20(32)25(19)26(24)22-11-10-21(34-22)17-6-8-18(28)9-7-17/h4,6-14,25-26,30H,3,5H2,1-2H3,(H,29,31,33). The zero-order chi connectivity index (χ0) is 23.8. The summed E-state index contributed by atoms with van der Waals surface area (Å²) in [7, 11) is 0. The number of Topliss-reactive ketones (excluding diaryl/α,β-unsaturated/α-hetero) is 1. The third-order valence-corrected chi connectivity index (χ3v) is 6.81. The summed E-state index contributed by atoms with van der Waals surface area (Å²) in [4.78, 5) is 30.9. The van der Waals surface area contributed by atoms with Crippen molar-refractivity contribution in [3.05, 3.63) is 93.6 Å². The van der Waals surface area contributed by atoms with Crippen molar-refractivity contribution in [3.8, 4) is 11.3 Å². The largest absolute Gasteiger partial charge is 0.460 e. The van der Waals surface area contributed by atoms with E-state index in [0.717, 1.165) is 21.3 Å². The number of furan rings is 1. The molecule has 0 radical (unpaired) electrons. The molecule has 34 heavy (non-hydrogen) atoms. The van der Waals surface area contributed by atoms with Gasteiger partial charge in [0.15, 0.2) is 0 Å². The normalized spacial score (nSPS) is 19.9. The number of aromatic nitrogens is 1. The zero-order valence-electron chi connectivity index (χ0n) is 18.9. The Balaban J connectivity index is 1.57. The quantitative estimate of drug-likeness (QED) is 0.451. The third kappa shape index (κ3) is 4.23. The zero-order valence-corrected chi connectivity index (χ0v) is 20.5. The molecule has 1 aliphatic heterocycles. The smallest absolute Gasteiger partial charge is 0.255 e. The molecule has 2 aromatic heterocycles. The third-order valence-electron chi connectivity index (χ3n) is 6.28. The molecule has 6 nitrogen and oxygen atoms in total. The predicted octanol–water partition coefficient (Wildman–Crippen LogP) is 5.88. The number of carbonyl (C=O) groups is 2. The lowest BCUT2D eigenvalue weighted by atomic mass is 9.72. The van der Waals surface area contributed by atoms with Gasteiger partial charge in [-0.25, -0.2) is 4.98 Å². The van der Waals surface area contributed by atoms with Crippen LogP contribution in [0.25, 0.3) is 11.3 Å². The number of halogens is 1. The van der Waals surface area contributed by atoms with E-state index in [0.29, 0.717) is 41.5 Å². The summed E-state index contributed by atoms with van der Waals surface area (Å²) in [5.74, 6) is 0.521. The number of nitrogens with one attached hydrogen (secondary N) is 2. The van der Waals surface area contributed by atoms with Crippen LogP contribution in [0.5, 0.6) is 0 Å². The number of nitrogens with zero attached hydrogens (tertiary/aromatic N) is 1. The minimum Gasteiger partial charge on any atom is -0.460 e. The van der Waals surface area contributed by atoms with Gasteiger partial charge in [-0.05, 0) is 62.2 Å². The molecule has 2 aliphatic rings. The Kier molecular flexibility index (Phi) is 5.96. The molecule has 3 aromatic rings. The van der Waals surface area contributed by atoms with Crippen molar-refractivity contribution in [1.29, 1.82) is 0 Å². The lowest BCUT2D eigenvalue weighted by Crippen LogP contribution is -2.41. The van der Waals surface area contributed by atoms with Crippen LogP contribution in [0.4, 0.5) is 5.82 Å². The summed E-state index contributed by atoms with van der Waals surface area (Å²) in [5, 5.41) is 6.23. The van der Waals surface area contributed by atoms with Crippen LogP contribution in [-0.4, -0.2) is 16.7 Å². The van der Waals surface area contributed by atoms with Gasteiger partial charge in [-0.2, -0.15) is 0 Å². The van der Waals surface area contributed by atoms with E-state index in [-0.39, 0.29) is 11.7 Å². The topological polar surface area (TPSA) is 84.2 Å². The van der Waals surface area contributed by atoms with E-state index < -0.39 is 11.8 Å². The highest BCUT2D eigenvalue weighted by atomic mass is 79.9. The minimum atomic E-state index is -0.533. The Labute approximate surface area is 206 Å². The fourth-order valence-electron chi connectivity index (χ4n) is 4.70. The Bertz CT molecular complexity index is 1340. The van der Waals surface area contributed by atoms with E-state index in [9.17, 15) is 9.59 Å². The van der Waals surface area contributed by atoms with Gasteiger partial charge in [0.2, 0.25) is 0 Å². The highest BCUT2D eigenvalue weighted by Crippen LogP contribution is 2.45. The average Bonchev–Trinajstić information content (AvgIpc) is 3.29. The van der Waals surface area contributed by atoms with Gasteiger partial charge in [-0.3, -0.25) is 9.59 Å². The molecule has 0 bridgehead atoms. The summed E-state index contributed by atoms with van der Waals surface area (Å²) in [5.41, 5.74) is 3.94. The Hall–Kier alpha value is -3.45. The molecule has 172 valence electrons. The number of ketones is 1. The van der Waals surface area contributed by atoms with Crippen molar-refractivity contribution in [1.82, 2.24) is 10.3 Å². The van der Waals surface area contributed by atoms with Crippen molar-refractivity contribution in [3.63, 3.8) is 0 Å². The van der Waals surface area contributed by atoms with Gasteiger partial charge < -0.3 is 15.1 Å². The molecule has 2 unspecified atom stereocenters. The number of rotatable bonds is 4. The van der Waals surface area contributed by atoms with Crippen molar-refractivity contribution in [2.75, 3.05) is 5.32 Å². The number of hydrogen-bond donors (Lipinski definition) is 2. The molecule has 5 rings (SSSR count). The van der Waals surface area contributed by atoms with E-state index in [4.69, 9.17) is 4.42 Å². The van der Waals surface area contributed by atoms with Gasteiger partial charge >= 0.3 is 0 Å². The fraction of sp³-hybridized carbons (Fsp3) is 0.222. The second kappa shape index (κ2) is 9.06. The van der Waals surface area contributed by atoms with Crippen molar-refractivity contribution in [2.45, 2.75) is 32.6 Å². The Morgan fingerprint density at radius 3 is 2.68 bits per heavy atom. The van der Waals surface area contributed by atoms with E-state index in [1.54, 1.807) is 6.20 Å². The second-order valence-electron chi connectivity index (χ2n) is 8.66. The maximum absolute atomic E-state index is 13.5. The Morgan fingerprint density at radius 2 is 1.91 bits per heavy atom. The molecule has 2 atom stereocenters. The first kappa shape index (κ1) is 22.3. The lowest BCUT2D eigenvalue weighted by molar-refractivity contribution is -0.123. The van der Waals surface area contributed by atoms with E-state index in [1.807, 2.05) is 62.4 Å². The maximum Gasteiger partial charge on any atom is 0.255 e. The molecule has 7 heteroatoms. The number of fused-ring (bicyclic) bond motifs is 1. The summed E-state index contributed by atoms with van der Waals surface area (Å²) in [6, 6.07) is 15.3. The summed E-state index contributed by atoms with van der Waals surface area (Å²) < 4.78 is 7.27. The lowest BCUT2D eigenvalue weighted by Gasteiger charge is -2.37. The van der Waals surface area contributed by atoms with Crippen molar-refractivity contribution < 1.29 is 14.0 Å². The molecule has 1 amide bonds. The van der Waals surface area contributed by atoms with Gasteiger partial charge in [0.05, 0.1) is 11.8 Å². The van der Waals surface area contributed by atoms with E-state index >= 15 is 0 Å².